The van der Waals surface area contributed by atoms with Gasteiger partial charge in [0.1, 0.15) is 24.7 Å². The molecule has 2 aromatic rings. The number of rotatable bonds is 8. The predicted molar refractivity (Wildman–Crippen MR) is 144 cm³/mol. The van der Waals surface area contributed by atoms with Crippen LogP contribution < -0.4 is 9.47 Å². The van der Waals surface area contributed by atoms with Crippen molar-refractivity contribution < 1.29 is 9.47 Å². The lowest BCUT2D eigenvalue weighted by Gasteiger charge is -2.28. The maximum Gasteiger partial charge on any atom is 0.147 e. The Balaban J connectivity index is 2.39. The molecule has 2 aromatic carbocycles. The molecule has 0 radical (unpaired) electrons. The van der Waals surface area contributed by atoms with Crippen LogP contribution in [0.5, 0.6) is 11.5 Å². The van der Waals surface area contributed by atoms with Gasteiger partial charge in [-0.05, 0) is 113 Å². The Hall–Kier alpha value is 0.920. The van der Waals surface area contributed by atoms with E-state index in [-0.39, 0.29) is 15.1 Å². The highest BCUT2D eigenvalue weighted by molar-refractivity contribution is 9.11. The highest BCUT2D eigenvalue weighted by atomic mass is 79.9. The van der Waals surface area contributed by atoms with Crippen molar-refractivity contribution in [1.29, 1.82) is 0 Å². The highest BCUT2D eigenvalue weighted by Gasteiger charge is 2.27. The van der Waals surface area contributed by atoms with Crippen molar-refractivity contribution in [1.82, 2.24) is 0 Å². The lowest BCUT2D eigenvalue weighted by atomic mass is 9.78. The third kappa shape index (κ3) is 6.95. The maximum absolute atomic E-state index is 5.93. The second-order valence-electron chi connectivity index (χ2n) is 7.35. The summed E-state index contributed by atoms with van der Waals surface area (Å²) in [7, 11) is 0. The average Bonchev–Trinajstić information content (AvgIpc) is 2.59. The molecule has 0 aliphatic rings. The van der Waals surface area contributed by atoms with Crippen LogP contribution in [0.4, 0.5) is 0 Å². The molecule has 0 N–H and O–H groups in total. The largest absolute Gasteiger partial charge is 0.490 e. The van der Waals surface area contributed by atoms with Crippen LogP contribution in [0.15, 0.2) is 42.2 Å². The number of halogens is 6. The first kappa shape index (κ1) is 26.2. The zero-order valence-electron chi connectivity index (χ0n) is 16.5. The summed E-state index contributed by atoms with van der Waals surface area (Å²) < 4.78 is 15.5. The molecule has 0 fully saturated rings. The van der Waals surface area contributed by atoms with Gasteiger partial charge in [-0.3, -0.25) is 0 Å². The molecular weight excluding hydrogens is 764 g/mol. The van der Waals surface area contributed by atoms with Crippen LogP contribution in [0.3, 0.4) is 0 Å². The van der Waals surface area contributed by atoms with E-state index in [1.54, 1.807) is 0 Å². The van der Waals surface area contributed by atoms with E-state index in [2.05, 4.69) is 148 Å². The molecule has 0 aromatic heterocycles. The van der Waals surface area contributed by atoms with E-state index in [0.29, 0.717) is 13.2 Å². The minimum atomic E-state index is -0.238. The zero-order chi connectivity index (χ0) is 21.9. The van der Waals surface area contributed by atoms with E-state index in [0.717, 1.165) is 40.5 Å². The topological polar surface area (TPSA) is 18.5 Å². The highest BCUT2D eigenvalue weighted by Crippen LogP contribution is 2.44. The van der Waals surface area contributed by atoms with Crippen molar-refractivity contribution in [2.75, 3.05) is 13.2 Å². The summed E-state index contributed by atoms with van der Waals surface area (Å²) in [5, 5.41) is 0. The summed E-state index contributed by atoms with van der Waals surface area (Å²) in [5.74, 6) is 1.62. The van der Waals surface area contributed by atoms with Crippen LogP contribution in [-0.2, 0) is 5.41 Å². The summed E-state index contributed by atoms with van der Waals surface area (Å²) >= 11 is 21.7. The standard InChI is InChI=1S/C21H22Br6O2/c1-11(22)9-28-19-15(24)5-13(6-16(19)25)21(3,4)14-7-17(26)20(18(27)8-14)29-10-12(2)23/h5-8,11-12H,9-10H2,1-4H3. The van der Waals surface area contributed by atoms with Crippen molar-refractivity contribution in [2.24, 2.45) is 0 Å². The molecule has 0 bridgehead atoms. The Kier molecular flexibility index (Phi) is 10.1. The van der Waals surface area contributed by atoms with Crippen LogP contribution in [0.25, 0.3) is 0 Å². The van der Waals surface area contributed by atoms with Gasteiger partial charge in [0.05, 0.1) is 17.9 Å². The lowest BCUT2D eigenvalue weighted by molar-refractivity contribution is 0.319. The van der Waals surface area contributed by atoms with Gasteiger partial charge in [0.2, 0.25) is 0 Å². The van der Waals surface area contributed by atoms with Crippen molar-refractivity contribution in [3.63, 3.8) is 0 Å². The molecule has 0 amide bonds. The molecule has 0 saturated carbocycles. The van der Waals surface area contributed by atoms with Crippen molar-refractivity contribution >= 4 is 95.6 Å². The van der Waals surface area contributed by atoms with E-state index in [9.17, 15) is 0 Å². The van der Waals surface area contributed by atoms with Gasteiger partial charge < -0.3 is 9.47 Å². The smallest absolute Gasteiger partial charge is 0.147 e. The van der Waals surface area contributed by atoms with E-state index >= 15 is 0 Å². The Morgan fingerprint density at radius 2 is 0.966 bits per heavy atom. The number of hydrogen-bond acceptors (Lipinski definition) is 2. The average molecular weight is 786 g/mol. The zero-order valence-corrected chi connectivity index (χ0v) is 26.0. The fraction of sp³-hybridized carbons (Fsp3) is 0.429. The Morgan fingerprint density at radius 3 is 1.21 bits per heavy atom. The van der Waals surface area contributed by atoms with Gasteiger partial charge in [-0.15, -0.1) is 0 Å². The van der Waals surface area contributed by atoms with E-state index in [4.69, 9.17) is 9.47 Å². The Morgan fingerprint density at radius 1 is 0.690 bits per heavy atom. The molecule has 0 spiro atoms. The van der Waals surface area contributed by atoms with Gasteiger partial charge in [-0.25, -0.2) is 0 Å². The van der Waals surface area contributed by atoms with Crippen LogP contribution in [0.2, 0.25) is 0 Å². The minimum Gasteiger partial charge on any atom is -0.490 e. The maximum atomic E-state index is 5.93. The van der Waals surface area contributed by atoms with Crippen molar-refractivity contribution in [3.8, 4) is 11.5 Å². The van der Waals surface area contributed by atoms with Crippen LogP contribution in [-0.4, -0.2) is 22.9 Å². The molecule has 0 aliphatic carbocycles. The molecule has 2 unspecified atom stereocenters. The Bertz CT molecular complexity index is 749. The first-order valence-electron chi connectivity index (χ1n) is 8.96. The van der Waals surface area contributed by atoms with Gasteiger partial charge in [0.25, 0.3) is 0 Å². The summed E-state index contributed by atoms with van der Waals surface area (Å²) in [5.41, 5.74) is 2.09. The van der Waals surface area contributed by atoms with Crippen LogP contribution in [0, 0.1) is 0 Å². The number of ether oxygens (including phenoxy) is 2. The molecule has 8 heteroatoms. The Labute approximate surface area is 223 Å². The van der Waals surface area contributed by atoms with Crippen LogP contribution >= 0.6 is 95.6 Å². The van der Waals surface area contributed by atoms with Gasteiger partial charge in [-0.2, -0.15) is 0 Å². The monoisotopic (exact) mass is 780 g/mol. The van der Waals surface area contributed by atoms with E-state index < -0.39 is 0 Å². The molecule has 2 rings (SSSR count). The molecule has 160 valence electrons. The predicted octanol–water partition coefficient (Wildman–Crippen LogP) is 9.39. The first-order valence-corrected chi connectivity index (χ1v) is 14.0. The first-order chi connectivity index (χ1) is 13.4. The molecule has 0 heterocycles. The normalized spacial score (nSPS) is 13.9. The van der Waals surface area contributed by atoms with Crippen molar-refractivity contribution in [3.05, 3.63) is 53.3 Å². The van der Waals surface area contributed by atoms with E-state index in [1.165, 1.54) is 0 Å². The summed E-state index contributed by atoms with van der Waals surface area (Å²) in [6.07, 6.45) is 0. The molecule has 0 saturated heterocycles. The minimum absolute atomic E-state index is 0.238. The third-order valence-electron chi connectivity index (χ3n) is 4.35. The fourth-order valence-electron chi connectivity index (χ4n) is 2.68. The number of alkyl halides is 2. The van der Waals surface area contributed by atoms with Gasteiger partial charge in [-0.1, -0.05) is 45.7 Å². The fourth-order valence-corrected chi connectivity index (χ4v) is 5.78. The number of benzene rings is 2. The van der Waals surface area contributed by atoms with Gasteiger partial charge >= 0.3 is 0 Å². The number of hydrogen-bond donors (Lipinski definition) is 0. The quantitative estimate of drug-likeness (QED) is 0.249. The summed E-state index contributed by atoms with van der Waals surface area (Å²) in [4.78, 5) is 0.556. The molecule has 29 heavy (non-hydrogen) atoms. The third-order valence-corrected chi connectivity index (χ3v) is 7.24. The van der Waals surface area contributed by atoms with Crippen molar-refractivity contribution in [2.45, 2.75) is 42.8 Å². The molecule has 0 aliphatic heterocycles. The van der Waals surface area contributed by atoms with E-state index in [1.807, 2.05) is 0 Å². The second-order valence-corrected chi connectivity index (χ2v) is 13.9. The molecular formula is C21H22Br6O2. The molecule has 2 nitrogen and oxygen atoms in total. The summed E-state index contributed by atoms with van der Waals surface area (Å²) in [6.45, 7) is 9.71. The van der Waals surface area contributed by atoms with Gasteiger partial charge in [0, 0.05) is 15.1 Å². The summed E-state index contributed by atoms with van der Waals surface area (Å²) in [6, 6.07) is 8.49. The van der Waals surface area contributed by atoms with Gasteiger partial charge in [0.15, 0.2) is 0 Å². The lowest BCUT2D eigenvalue weighted by Crippen LogP contribution is -2.20. The molecule has 2 atom stereocenters. The second kappa shape index (κ2) is 11.2. The SMILES string of the molecule is CC(Br)COc1c(Br)cc(C(C)(C)c2cc(Br)c(OCC(C)Br)c(Br)c2)cc1Br. The van der Waals surface area contributed by atoms with Crippen LogP contribution in [0.1, 0.15) is 38.8 Å².